The Hall–Kier alpha value is -2.04. The van der Waals surface area contributed by atoms with Crippen molar-refractivity contribution in [2.45, 2.75) is 45.7 Å². The van der Waals surface area contributed by atoms with Crippen LogP contribution in [0.2, 0.25) is 5.02 Å². The summed E-state index contributed by atoms with van der Waals surface area (Å²) in [6.45, 7) is 7.40. The van der Waals surface area contributed by atoms with Crippen LogP contribution < -0.4 is 4.90 Å². The first-order valence-corrected chi connectivity index (χ1v) is 10.9. The van der Waals surface area contributed by atoms with Crippen molar-refractivity contribution in [1.82, 2.24) is 4.90 Å². The third-order valence-electron chi connectivity index (χ3n) is 6.46. The molecular weight excluding hydrogens is 384 g/mol. The number of carbonyl (C=O) groups is 1. The van der Waals surface area contributed by atoms with Crippen LogP contribution in [0.25, 0.3) is 0 Å². The van der Waals surface area contributed by atoms with Gasteiger partial charge in [0.05, 0.1) is 12.0 Å². The molecule has 1 saturated heterocycles. The molecule has 5 heteroatoms. The van der Waals surface area contributed by atoms with Crippen LogP contribution in [0.5, 0.6) is 0 Å². The predicted octanol–water partition coefficient (Wildman–Crippen LogP) is 5.07. The highest BCUT2D eigenvalue weighted by molar-refractivity contribution is 6.31. The SMILES string of the molecule is CCN(c1ccc(Cl)c(C)c1)C1CCCc2c(CN3CC(C(=O)O)C3)cccc21. The molecule has 1 aliphatic carbocycles. The van der Waals surface area contributed by atoms with E-state index in [1.807, 2.05) is 6.07 Å². The molecule has 1 N–H and O–H groups in total. The Morgan fingerprint density at radius 2 is 2.07 bits per heavy atom. The van der Waals surface area contributed by atoms with Crippen molar-refractivity contribution in [3.05, 3.63) is 63.7 Å². The van der Waals surface area contributed by atoms with Gasteiger partial charge in [-0.25, -0.2) is 0 Å². The molecule has 0 amide bonds. The van der Waals surface area contributed by atoms with Gasteiger partial charge in [0.25, 0.3) is 0 Å². The van der Waals surface area contributed by atoms with Crippen molar-refractivity contribution < 1.29 is 9.90 Å². The second-order valence-corrected chi connectivity index (χ2v) is 8.75. The van der Waals surface area contributed by atoms with E-state index in [0.29, 0.717) is 19.1 Å². The van der Waals surface area contributed by atoms with E-state index in [9.17, 15) is 4.79 Å². The summed E-state index contributed by atoms with van der Waals surface area (Å²) in [6, 6.07) is 13.4. The second kappa shape index (κ2) is 8.37. The molecule has 0 aromatic heterocycles. The minimum atomic E-state index is -0.673. The molecule has 29 heavy (non-hydrogen) atoms. The van der Waals surface area contributed by atoms with Gasteiger partial charge in [-0.05, 0) is 73.6 Å². The molecule has 0 saturated carbocycles. The summed E-state index contributed by atoms with van der Waals surface area (Å²) < 4.78 is 0. The number of benzene rings is 2. The van der Waals surface area contributed by atoms with E-state index in [1.165, 1.54) is 28.8 Å². The molecule has 1 unspecified atom stereocenters. The third kappa shape index (κ3) is 4.01. The molecule has 1 fully saturated rings. The Balaban J connectivity index is 1.59. The maximum Gasteiger partial charge on any atom is 0.309 e. The van der Waals surface area contributed by atoms with Crippen molar-refractivity contribution in [1.29, 1.82) is 0 Å². The second-order valence-electron chi connectivity index (χ2n) is 8.34. The first-order valence-electron chi connectivity index (χ1n) is 10.6. The largest absolute Gasteiger partial charge is 0.481 e. The highest BCUT2D eigenvalue weighted by atomic mass is 35.5. The Labute approximate surface area is 178 Å². The molecule has 0 bridgehead atoms. The zero-order valence-electron chi connectivity index (χ0n) is 17.2. The van der Waals surface area contributed by atoms with Crippen LogP contribution in [-0.2, 0) is 17.8 Å². The number of hydrogen-bond acceptors (Lipinski definition) is 3. The summed E-state index contributed by atoms with van der Waals surface area (Å²) >= 11 is 6.25. The fraction of sp³-hybridized carbons (Fsp3) is 0.458. The molecule has 2 aliphatic rings. The molecule has 154 valence electrons. The van der Waals surface area contributed by atoms with E-state index in [0.717, 1.165) is 36.5 Å². The van der Waals surface area contributed by atoms with Crippen LogP contribution in [0.1, 0.15) is 48.1 Å². The molecule has 4 nitrogen and oxygen atoms in total. The van der Waals surface area contributed by atoms with Gasteiger partial charge in [-0.15, -0.1) is 0 Å². The molecule has 2 aromatic carbocycles. The third-order valence-corrected chi connectivity index (χ3v) is 6.89. The number of halogens is 1. The van der Waals surface area contributed by atoms with Gasteiger partial charge in [0.2, 0.25) is 0 Å². The van der Waals surface area contributed by atoms with Crippen LogP contribution in [-0.4, -0.2) is 35.6 Å². The molecule has 0 radical (unpaired) electrons. The summed E-state index contributed by atoms with van der Waals surface area (Å²) in [6.07, 6.45) is 3.43. The molecular formula is C24H29ClN2O2. The lowest BCUT2D eigenvalue weighted by molar-refractivity contribution is -0.147. The topological polar surface area (TPSA) is 43.8 Å². The molecule has 1 atom stereocenters. The van der Waals surface area contributed by atoms with Crippen molar-refractivity contribution in [2.75, 3.05) is 24.5 Å². The Bertz CT molecular complexity index is 908. The number of aliphatic carboxylic acids is 1. The van der Waals surface area contributed by atoms with E-state index in [2.05, 4.69) is 54.0 Å². The summed E-state index contributed by atoms with van der Waals surface area (Å²) in [5.41, 5.74) is 6.59. The smallest absolute Gasteiger partial charge is 0.309 e. The van der Waals surface area contributed by atoms with Crippen LogP contribution in [0.3, 0.4) is 0 Å². The van der Waals surface area contributed by atoms with Gasteiger partial charge in [-0.3, -0.25) is 9.69 Å². The summed E-state index contributed by atoms with van der Waals surface area (Å²) in [5.74, 6) is -0.876. The van der Waals surface area contributed by atoms with E-state index in [-0.39, 0.29) is 5.92 Å². The van der Waals surface area contributed by atoms with Crippen molar-refractivity contribution in [3.63, 3.8) is 0 Å². The minimum Gasteiger partial charge on any atom is -0.481 e. The van der Waals surface area contributed by atoms with Crippen molar-refractivity contribution in [2.24, 2.45) is 5.92 Å². The van der Waals surface area contributed by atoms with Gasteiger partial charge in [0.15, 0.2) is 0 Å². The number of carboxylic acids is 1. The number of carboxylic acid groups (broad SMARTS) is 1. The normalized spacial score (nSPS) is 19.5. The molecule has 0 spiro atoms. The van der Waals surface area contributed by atoms with Gasteiger partial charge in [-0.2, -0.15) is 0 Å². The van der Waals surface area contributed by atoms with E-state index >= 15 is 0 Å². The van der Waals surface area contributed by atoms with E-state index < -0.39 is 5.97 Å². The van der Waals surface area contributed by atoms with Gasteiger partial charge in [-0.1, -0.05) is 29.8 Å². The minimum absolute atomic E-state index is 0.203. The van der Waals surface area contributed by atoms with E-state index in [4.69, 9.17) is 16.7 Å². The molecule has 4 rings (SSSR count). The highest BCUT2D eigenvalue weighted by Gasteiger charge is 2.33. The van der Waals surface area contributed by atoms with Crippen LogP contribution >= 0.6 is 11.6 Å². The van der Waals surface area contributed by atoms with Crippen molar-refractivity contribution in [3.8, 4) is 0 Å². The zero-order chi connectivity index (χ0) is 20.5. The Morgan fingerprint density at radius 1 is 1.28 bits per heavy atom. The Kier molecular flexibility index (Phi) is 5.84. The zero-order valence-corrected chi connectivity index (χ0v) is 18.0. The number of likely N-dealkylation sites (tertiary alicyclic amines) is 1. The quantitative estimate of drug-likeness (QED) is 0.719. The van der Waals surface area contributed by atoms with Crippen LogP contribution in [0.4, 0.5) is 5.69 Å². The first kappa shape index (κ1) is 20.2. The predicted molar refractivity (Wildman–Crippen MR) is 118 cm³/mol. The maximum atomic E-state index is 11.1. The summed E-state index contributed by atoms with van der Waals surface area (Å²) in [4.78, 5) is 15.8. The maximum absolute atomic E-state index is 11.1. The average molecular weight is 413 g/mol. The lowest BCUT2D eigenvalue weighted by Crippen LogP contribution is -2.49. The highest BCUT2D eigenvalue weighted by Crippen LogP contribution is 2.39. The number of fused-ring (bicyclic) bond motifs is 1. The molecule has 2 aromatic rings. The summed E-state index contributed by atoms with van der Waals surface area (Å²) in [5, 5.41) is 9.95. The first-order chi connectivity index (χ1) is 14.0. The van der Waals surface area contributed by atoms with Gasteiger partial charge in [0, 0.05) is 36.9 Å². The molecule has 1 aliphatic heterocycles. The standard InChI is InChI=1S/C24H29ClN2O2/c1-3-27(19-10-11-22(25)16(2)12-19)23-9-5-7-20-17(6-4-8-21(20)23)13-26-14-18(15-26)24(28)29/h4,6,8,10-12,18,23H,3,5,7,9,13-15H2,1-2H3,(H,28,29). The number of aryl methyl sites for hydroxylation is 1. The summed E-state index contributed by atoms with van der Waals surface area (Å²) in [7, 11) is 0. The van der Waals surface area contributed by atoms with Crippen LogP contribution in [0, 0.1) is 12.8 Å². The lowest BCUT2D eigenvalue weighted by Gasteiger charge is -2.40. The number of hydrogen-bond donors (Lipinski definition) is 1. The van der Waals surface area contributed by atoms with Gasteiger partial charge in [0.1, 0.15) is 0 Å². The average Bonchev–Trinajstić information content (AvgIpc) is 2.67. The fourth-order valence-electron chi connectivity index (χ4n) is 4.86. The van der Waals surface area contributed by atoms with Gasteiger partial charge >= 0.3 is 5.97 Å². The Morgan fingerprint density at radius 3 is 2.76 bits per heavy atom. The van der Waals surface area contributed by atoms with Gasteiger partial charge < -0.3 is 10.0 Å². The lowest BCUT2D eigenvalue weighted by atomic mass is 9.83. The monoisotopic (exact) mass is 412 g/mol. The van der Waals surface area contributed by atoms with Crippen molar-refractivity contribution >= 4 is 23.3 Å². The molecule has 1 heterocycles. The number of rotatable bonds is 6. The fourth-order valence-corrected chi connectivity index (χ4v) is 4.98. The number of anilines is 1. The number of nitrogens with zero attached hydrogens (tertiary/aromatic N) is 2. The van der Waals surface area contributed by atoms with Crippen LogP contribution in [0.15, 0.2) is 36.4 Å². The van der Waals surface area contributed by atoms with E-state index in [1.54, 1.807) is 0 Å².